The molecule has 0 atom stereocenters. The lowest BCUT2D eigenvalue weighted by Crippen LogP contribution is -1.84. The van der Waals surface area contributed by atoms with E-state index in [0.717, 1.165) is 96.3 Å². The maximum absolute atomic E-state index is 9.01. The molecule has 0 aliphatic carbocycles. The third-order valence-electron chi connectivity index (χ3n) is 13.9. The molecule has 0 heterocycles. The number of hydrogen-bond donors (Lipinski definition) is 1. The zero-order valence-electron chi connectivity index (χ0n) is 49.6. The maximum Gasteiger partial charge on any atom is 0.0614 e. The SMILES string of the molecule is CC(C)=CCC/C(C)=C/CC/C(C)=C/CC/C(C)=C/CC/C(C)=C/CC/C(C)=C/CC/C(C)=C/CC/C(C)=C/CC/C(C)=C/CC/C(C)=C/CC/C(C)=C/CC/C(C)=C/CC/C(C)=C/CC/C(C)=C/CO. The molecule has 0 fully saturated rings. The molecule has 0 amide bonds. The highest BCUT2D eigenvalue weighted by molar-refractivity contribution is 5.13. The number of aliphatic hydroxyl groups excluding tert-OH is 1. The van der Waals surface area contributed by atoms with E-state index in [1.165, 1.54) is 149 Å². The van der Waals surface area contributed by atoms with Crippen LogP contribution in [0.5, 0.6) is 0 Å². The van der Waals surface area contributed by atoms with E-state index < -0.39 is 0 Å². The second-order valence-electron chi connectivity index (χ2n) is 22.1. The van der Waals surface area contributed by atoms with Crippen molar-refractivity contribution in [1.82, 2.24) is 0 Å². The van der Waals surface area contributed by atoms with Crippen LogP contribution in [0, 0.1) is 0 Å². The molecule has 0 aromatic heterocycles. The number of aliphatic hydroxyl groups is 1. The van der Waals surface area contributed by atoms with Crippen LogP contribution >= 0.6 is 0 Å². The Kier molecular flexibility index (Phi) is 42.6. The first kappa shape index (κ1) is 67.3. The Bertz CT molecular complexity index is 1900. The molecule has 0 saturated heterocycles. The Morgan fingerprint density at radius 2 is 0.296 bits per heavy atom. The molecular weight excluding hydrogens is 857 g/mol. The Morgan fingerprint density at radius 3 is 0.408 bits per heavy atom. The fraction of sp³-hybridized carbons (Fsp3) is 0.600. The van der Waals surface area contributed by atoms with E-state index in [-0.39, 0.29) is 6.61 Å². The van der Waals surface area contributed by atoms with Crippen molar-refractivity contribution in [2.45, 2.75) is 271 Å². The molecule has 0 saturated carbocycles. The van der Waals surface area contributed by atoms with Crippen molar-refractivity contribution >= 4 is 0 Å². The molecule has 1 nitrogen and oxygen atoms in total. The van der Waals surface area contributed by atoms with Crippen molar-refractivity contribution < 1.29 is 5.11 Å². The lowest BCUT2D eigenvalue weighted by Gasteiger charge is -2.04. The summed E-state index contributed by atoms with van der Waals surface area (Å²) in [7, 11) is 0. The second-order valence-corrected chi connectivity index (χ2v) is 22.1. The molecule has 1 N–H and O–H groups in total. The largest absolute Gasteiger partial charge is 0.392 e. The number of rotatable bonds is 40. The molecule has 0 radical (unpaired) electrons. The number of allylic oxidation sites excluding steroid dienone is 27. The molecule has 0 aliphatic rings. The predicted molar refractivity (Wildman–Crippen MR) is 325 cm³/mol. The minimum absolute atomic E-state index is 0.148. The van der Waals surface area contributed by atoms with Gasteiger partial charge in [-0.25, -0.2) is 0 Å². The zero-order valence-corrected chi connectivity index (χ0v) is 49.6. The van der Waals surface area contributed by atoms with E-state index >= 15 is 0 Å². The van der Waals surface area contributed by atoms with Crippen LogP contribution in [0.15, 0.2) is 163 Å². The van der Waals surface area contributed by atoms with Gasteiger partial charge in [-0.2, -0.15) is 0 Å². The van der Waals surface area contributed by atoms with Crippen molar-refractivity contribution in [3.63, 3.8) is 0 Å². The fourth-order valence-corrected chi connectivity index (χ4v) is 8.63. The van der Waals surface area contributed by atoms with E-state index in [4.69, 9.17) is 5.11 Å². The van der Waals surface area contributed by atoms with Crippen molar-refractivity contribution in [3.05, 3.63) is 163 Å². The molecule has 71 heavy (non-hydrogen) atoms. The van der Waals surface area contributed by atoms with Crippen LogP contribution < -0.4 is 0 Å². The van der Waals surface area contributed by atoms with E-state index in [1.807, 2.05) is 6.08 Å². The quantitative estimate of drug-likeness (QED) is 0.0607. The van der Waals surface area contributed by atoms with Gasteiger partial charge in [-0.15, -0.1) is 0 Å². The van der Waals surface area contributed by atoms with Crippen LogP contribution in [0.25, 0.3) is 0 Å². The minimum atomic E-state index is 0.148. The van der Waals surface area contributed by atoms with Crippen LogP contribution in [0.4, 0.5) is 0 Å². The van der Waals surface area contributed by atoms with Gasteiger partial charge in [0.1, 0.15) is 0 Å². The number of hydrogen-bond acceptors (Lipinski definition) is 1. The fourth-order valence-electron chi connectivity index (χ4n) is 8.63. The molecule has 400 valence electrons. The standard InChI is InChI=1S/C70H114O/c1-57(2)29-16-30-58(3)31-17-32-59(4)33-18-34-60(5)35-19-36-61(6)37-20-38-62(7)39-21-40-63(8)41-22-42-64(9)43-23-44-65(10)45-24-46-66(11)47-25-48-67(12)49-26-50-68(13)51-27-52-69(14)53-28-54-70(15)55-56-71/h29,31,33,35,37,39,41,43,45,47,49,51,53,55,71H,16-28,30,32,34,36,38,40,42,44,46,48,50,52,54,56H2,1-15H3/b58-31+,59-33+,60-35+,61-37+,62-39+,63-41+,64-43+,65-45+,66-47+,67-49+,68-51+,69-53+,70-55+. The van der Waals surface area contributed by atoms with Crippen molar-refractivity contribution in [1.29, 1.82) is 0 Å². The molecule has 0 rings (SSSR count). The summed E-state index contributed by atoms with van der Waals surface area (Å²) in [6.07, 6.45) is 63.7. The van der Waals surface area contributed by atoms with E-state index in [2.05, 4.69) is 183 Å². The summed E-state index contributed by atoms with van der Waals surface area (Å²) in [5.74, 6) is 0. The van der Waals surface area contributed by atoms with Gasteiger partial charge in [0.25, 0.3) is 0 Å². The molecule has 0 aromatic carbocycles. The normalized spacial score (nSPS) is 15.1. The van der Waals surface area contributed by atoms with Gasteiger partial charge >= 0.3 is 0 Å². The van der Waals surface area contributed by atoms with E-state index in [0.29, 0.717) is 0 Å². The summed E-state index contributed by atoms with van der Waals surface area (Å²) in [6.45, 7) is 34.2. The Balaban J connectivity index is 4.31. The molecular formula is C70H114O. The highest BCUT2D eigenvalue weighted by Gasteiger charge is 2.00. The first-order valence-electron chi connectivity index (χ1n) is 28.7. The minimum Gasteiger partial charge on any atom is -0.392 e. The third kappa shape index (κ3) is 45.9. The Morgan fingerprint density at radius 1 is 0.183 bits per heavy atom. The van der Waals surface area contributed by atoms with Crippen LogP contribution in [-0.4, -0.2) is 11.7 Å². The first-order chi connectivity index (χ1) is 33.9. The summed E-state index contributed by atoms with van der Waals surface area (Å²) in [6, 6.07) is 0. The summed E-state index contributed by atoms with van der Waals surface area (Å²) in [5.41, 5.74) is 20.9. The van der Waals surface area contributed by atoms with E-state index in [1.54, 1.807) is 0 Å². The molecule has 0 unspecified atom stereocenters. The molecule has 0 aliphatic heterocycles. The highest BCUT2D eigenvalue weighted by atomic mass is 16.2. The summed E-state index contributed by atoms with van der Waals surface area (Å²) in [5, 5.41) is 9.01. The molecule has 1 heteroatoms. The van der Waals surface area contributed by atoms with Gasteiger partial charge in [0.15, 0.2) is 0 Å². The van der Waals surface area contributed by atoms with Crippen molar-refractivity contribution in [3.8, 4) is 0 Å². The lowest BCUT2D eigenvalue weighted by molar-refractivity contribution is 0.341. The van der Waals surface area contributed by atoms with Crippen molar-refractivity contribution in [2.75, 3.05) is 6.61 Å². The van der Waals surface area contributed by atoms with Crippen LogP contribution in [0.2, 0.25) is 0 Å². The highest BCUT2D eigenvalue weighted by Crippen LogP contribution is 2.20. The van der Waals surface area contributed by atoms with Crippen LogP contribution in [0.3, 0.4) is 0 Å². The predicted octanol–water partition coefficient (Wildman–Crippen LogP) is 23.4. The zero-order chi connectivity index (χ0) is 53.1. The van der Waals surface area contributed by atoms with Gasteiger partial charge in [-0.1, -0.05) is 163 Å². The lowest BCUT2D eigenvalue weighted by atomic mass is 10.0. The first-order valence-corrected chi connectivity index (χ1v) is 28.7. The van der Waals surface area contributed by atoms with Gasteiger partial charge in [0, 0.05) is 0 Å². The smallest absolute Gasteiger partial charge is 0.0614 e. The van der Waals surface area contributed by atoms with Crippen LogP contribution in [0.1, 0.15) is 271 Å². The second kappa shape index (κ2) is 45.0. The molecule has 0 aromatic rings. The molecule has 0 spiro atoms. The van der Waals surface area contributed by atoms with Gasteiger partial charge in [-0.05, 0) is 271 Å². The molecule has 0 bridgehead atoms. The van der Waals surface area contributed by atoms with E-state index in [9.17, 15) is 0 Å². The Hall–Kier alpha value is -3.68. The van der Waals surface area contributed by atoms with Gasteiger partial charge in [0.2, 0.25) is 0 Å². The summed E-state index contributed by atoms with van der Waals surface area (Å²) >= 11 is 0. The van der Waals surface area contributed by atoms with Crippen LogP contribution in [-0.2, 0) is 0 Å². The topological polar surface area (TPSA) is 20.2 Å². The maximum atomic E-state index is 9.01. The summed E-state index contributed by atoms with van der Waals surface area (Å²) < 4.78 is 0. The average molecular weight is 972 g/mol. The van der Waals surface area contributed by atoms with Gasteiger partial charge in [-0.3, -0.25) is 0 Å². The summed E-state index contributed by atoms with van der Waals surface area (Å²) in [4.78, 5) is 0. The van der Waals surface area contributed by atoms with Crippen molar-refractivity contribution in [2.24, 2.45) is 0 Å². The average Bonchev–Trinajstić information content (AvgIpc) is 3.29. The van der Waals surface area contributed by atoms with Gasteiger partial charge < -0.3 is 5.11 Å². The van der Waals surface area contributed by atoms with Gasteiger partial charge in [0.05, 0.1) is 6.61 Å². The Labute approximate surface area is 443 Å². The third-order valence-corrected chi connectivity index (χ3v) is 13.9. The monoisotopic (exact) mass is 971 g/mol.